The number of phenolic OH excluding ortho intramolecular Hbond substituents is 1. The molecule has 0 aromatic heterocycles. The van der Waals surface area contributed by atoms with Crippen LogP contribution in [0.1, 0.15) is 32.1 Å². The molecule has 2 aliphatic rings. The first-order valence-electron chi connectivity index (χ1n) is 6.97. The molecule has 3 heteroatoms. The van der Waals surface area contributed by atoms with Crippen LogP contribution in [0, 0.1) is 5.41 Å². The lowest BCUT2D eigenvalue weighted by atomic mass is 9.74. The Morgan fingerprint density at radius 1 is 1.22 bits per heavy atom. The van der Waals surface area contributed by atoms with E-state index < -0.39 is 0 Å². The van der Waals surface area contributed by atoms with Crippen LogP contribution in [0.4, 0.5) is 11.4 Å². The van der Waals surface area contributed by atoms with E-state index in [1.165, 1.54) is 32.1 Å². The average molecular weight is 246 g/mol. The van der Waals surface area contributed by atoms with Gasteiger partial charge in [0.1, 0.15) is 5.75 Å². The number of aromatic hydroxyl groups is 1. The van der Waals surface area contributed by atoms with E-state index in [1.807, 2.05) is 12.1 Å². The number of nitrogens with one attached hydrogen (secondary N) is 1. The fraction of sp³-hybridized carbons (Fsp3) is 0.600. The first-order chi connectivity index (χ1) is 8.69. The van der Waals surface area contributed by atoms with E-state index in [2.05, 4.69) is 17.3 Å². The van der Waals surface area contributed by atoms with Gasteiger partial charge in [-0.3, -0.25) is 0 Å². The lowest BCUT2D eigenvalue weighted by molar-refractivity contribution is 0.215. The molecule has 3 nitrogen and oxygen atoms in total. The predicted octanol–water partition coefficient (Wildman–Crippen LogP) is 3.20. The zero-order valence-electron chi connectivity index (χ0n) is 11.1. The van der Waals surface area contributed by atoms with Crippen molar-refractivity contribution in [2.24, 2.45) is 5.41 Å². The number of fused-ring (bicyclic) bond motifs is 1. The maximum atomic E-state index is 9.65. The zero-order valence-corrected chi connectivity index (χ0v) is 11.1. The number of hydrogen-bond acceptors (Lipinski definition) is 3. The molecule has 18 heavy (non-hydrogen) atoms. The Hall–Kier alpha value is -1.38. The Morgan fingerprint density at radius 2 is 2.00 bits per heavy atom. The van der Waals surface area contributed by atoms with Gasteiger partial charge in [-0.25, -0.2) is 0 Å². The molecule has 1 aromatic rings. The van der Waals surface area contributed by atoms with Crippen molar-refractivity contribution in [2.75, 3.05) is 30.4 Å². The monoisotopic (exact) mass is 246 g/mol. The molecule has 1 heterocycles. The van der Waals surface area contributed by atoms with Crippen LogP contribution in [-0.4, -0.2) is 25.2 Å². The van der Waals surface area contributed by atoms with Gasteiger partial charge in [0.25, 0.3) is 0 Å². The standard InChI is InChI=1S/C15H22N2O/c1-17-11-15(7-3-2-4-8-15)10-16-13-6-5-12(18)9-14(13)17/h5-6,9,16,18H,2-4,7-8,10-11H2,1H3. The van der Waals surface area contributed by atoms with Crippen LogP contribution in [-0.2, 0) is 0 Å². The molecule has 2 N–H and O–H groups in total. The fourth-order valence-electron chi connectivity index (χ4n) is 3.55. The van der Waals surface area contributed by atoms with Crippen LogP contribution in [0.5, 0.6) is 5.75 Å². The van der Waals surface area contributed by atoms with Crippen molar-refractivity contribution < 1.29 is 5.11 Å². The topological polar surface area (TPSA) is 35.5 Å². The summed E-state index contributed by atoms with van der Waals surface area (Å²) in [5.74, 6) is 0.349. The van der Waals surface area contributed by atoms with Crippen molar-refractivity contribution in [2.45, 2.75) is 32.1 Å². The summed E-state index contributed by atoms with van der Waals surface area (Å²) in [6.45, 7) is 2.16. The van der Waals surface area contributed by atoms with Gasteiger partial charge in [-0.15, -0.1) is 0 Å². The molecule has 1 spiro atoms. The third-order valence-corrected chi connectivity index (χ3v) is 4.53. The summed E-state index contributed by atoms with van der Waals surface area (Å²) in [7, 11) is 2.14. The Morgan fingerprint density at radius 3 is 2.78 bits per heavy atom. The lowest BCUT2D eigenvalue weighted by Gasteiger charge is -2.38. The molecule has 0 radical (unpaired) electrons. The lowest BCUT2D eigenvalue weighted by Crippen LogP contribution is -2.40. The largest absolute Gasteiger partial charge is 0.508 e. The molecular weight excluding hydrogens is 224 g/mol. The molecule has 98 valence electrons. The van der Waals surface area contributed by atoms with Crippen LogP contribution >= 0.6 is 0 Å². The van der Waals surface area contributed by atoms with Crippen LogP contribution in [0.15, 0.2) is 18.2 Å². The molecule has 0 amide bonds. The molecule has 3 rings (SSSR count). The molecule has 1 aromatic carbocycles. The predicted molar refractivity (Wildman–Crippen MR) is 75.4 cm³/mol. The summed E-state index contributed by atoms with van der Waals surface area (Å²) in [6.07, 6.45) is 6.75. The van der Waals surface area contributed by atoms with Crippen LogP contribution in [0.25, 0.3) is 0 Å². The van der Waals surface area contributed by atoms with Gasteiger partial charge in [0.15, 0.2) is 0 Å². The summed E-state index contributed by atoms with van der Waals surface area (Å²) in [6, 6.07) is 5.62. The van der Waals surface area contributed by atoms with E-state index in [4.69, 9.17) is 0 Å². The highest BCUT2D eigenvalue weighted by atomic mass is 16.3. The third-order valence-electron chi connectivity index (χ3n) is 4.53. The Bertz CT molecular complexity index is 438. The van der Waals surface area contributed by atoms with Gasteiger partial charge in [-0.2, -0.15) is 0 Å². The van der Waals surface area contributed by atoms with E-state index in [9.17, 15) is 5.11 Å². The molecule has 0 saturated heterocycles. The normalized spacial score (nSPS) is 22.2. The molecule has 1 saturated carbocycles. The van der Waals surface area contributed by atoms with Crippen molar-refractivity contribution in [3.8, 4) is 5.75 Å². The van der Waals surface area contributed by atoms with Gasteiger partial charge in [-0.05, 0) is 25.0 Å². The van der Waals surface area contributed by atoms with E-state index in [0.29, 0.717) is 11.2 Å². The van der Waals surface area contributed by atoms with Gasteiger partial charge in [0.05, 0.1) is 11.4 Å². The average Bonchev–Trinajstić information content (AvgIpc) is 2.49. The van der Waals surface area contributed by atoms with E-state index in [-0.39, 0.29) is 0 Å². The molecule has 0 unspecified atom stereocenters. The maximum Gasteiger partial charge on any atom is 0.117 e. The molecule has 0 bridgehead atoms. The third kappa shape index (κ3) is 2.02. The highest BCUT2D eigenvalue weighted by molar-refractivity contribution is 5.72. The van der Waals surface area contributed by atoms with Gasteiger partial charge < -0.3 is 15.3 Å². The molecule has 1 fully saturated rings. The second kappa shape index (κ2) is 4.38. The summed E-state index contributed by atoms with van der Waals surface area (Å²) >= 11 is 0. The van der Waals surface area contributed by atoms with Crippen molar-refractivity contribution in [3.63, 3.8) is 0 Å². The smallest absolute Gasteiger partial charge is 0.117 e. The second-order valence-corrected chi connectivity index (χ2v) is 5.97. The SMILES string of the molecule is CN1CC2(CCCCC2)CNc2ccc(O)cc21. The molecule has 1 aliphatic heterocycles. The number of rotatable bonds is 0. The minimum atomic E-state index is 0.349. The van der Waals surface area contributed by atoms with Gasteiger partial charge in [0.2, 0.25) is 0 Å². The van der Waals surface area contributed by atoms with E-state index in [1.54, 1.807) is 6.07 Å². The van der Waals surface area contributed by atoms with Gasteiger partial charge >= 0.3 is 0 Å². The number of benzene rings is 1. The number of nitrogens with zero attached hydrogens (tertiary/aromatic N) is 1. The minimum absolute atomic E-state index is 0.349. The molecule has 1 aliphatic carbocycles. The summed E-state index contributed by atoms with van der Waals surface area (Å²) < 4.78 is 0. The van der Waals surface area contributed by atoms with E-state index >= 15 is 0 Å². The highest BCUT2D eigenvalue weighted by Gasteiger charge is 2.35. The molecular formula is C15H22N2O. The van der Waals surface area contributed by atoms with Crippen molar-refractivity contribution in [1.82, 2.24) is 0 Å². The van der Waals surface area contributed by atoms with Crippen LogP contribution in [0.2, 0.25) is 0 Å². The number of anilines is 2. The van der Waals surface area contributed by atoms with Crippen molar-refractivity contribution in [1.29, 1.82) is 0 Å². The van der Waals surface area contributed by atoms with E-state index in [0.717, 1.165) is 24.5 Å². The first-order valence-corrected chi connectivity index (χ1v) is 6.97. The van der Waals surface area contributed by atoms with Crippen molar-refractivity contribution in [3.05, 3.63) is 18.2 Å². The summed E-state index contributed by atoms with van der Waals surface area (Å²) in [5, 5.41) is 13.2. The Kier molecular flexibility index (Phi) is 2.84. The number of hydrogen-bond donors (Lipinski definition) is 2. The molecule has 0 atom stereocenters. The quantitative estimate of drug-likeness (QED) is 0.690. The maximum absolute atomic E-state index is 9.65. The number of phenols is 1. The minimum Gasteiger partial charge on any atom is -0.508 e. The van der Waals surface area contributed by atoms with Crippen LogP contribution in [0.3, 0.4) is 0 Å². The Labute approximate surface area is 109 Å². The zero-order chi connectivity index (χ0) is 12.6. The Balaban J connectivity index is 1.90. The fourth-order valence-corrected chi connectivity index (χ4v) is 3.55. The summed E-state index contributed by atoms with van der Waals surface area (Å²) in [4.78, 5) is 2.31. The first kappa shape index (κ1) is 11.7. The summed E-state index contributed by atoms with van der Waals surface area (Å²) in [5.41, 5.74) is 2.69. The van der Waals surface area contributed by atoms with Crippen molar-refractivity contribution >= 4 is 11.4 Å². The van der Waals surface area contributed by atoms with Gasteiger partial charge in [0, 0.05) is 31.6 Å². The highest BCUT2D eigenvalue weighted by Crippen LogP contribution is 2.42. The van der Waals surface area contributed by atoms with Crippen LogP contribution < -0.4 is 10.2 Å². The van der Waals surface area contributed by atoms with Gasteiger partial charge in [-0.1, -0.05) is 19.3 Å². The second-order valence-electron chi connectivity index (χ2n) is 5.97.